The molecule has 1 N–H and O–H groups in total. The zero-order valence-electron chi connectivity index (χ0n) is 16.3. The Labute approximate surface area is 165 Å². The molecule has 146 valence electrons. The van der Waals surface area contributed by atoms with Crippen LogP contribution in [0.4, 0.5) is 0 Å². The molecule has 0 saturated heterocycles. The first-order valence-electron chi connectivity index (χ1n) is 8.95. The fourth-order valence-electron chi connectivity index (χ4n) is 2.40. The van der Waals surface area contributed by atoms with Crippen LogP contribution in [0.1, 0.15) is 25.8 Å². The van der Waals surface area contributed by atoms with Crippen molar-refractivity contribution in [2.75, 3.05) is 20.8 Å². The van der Waals surface area contributed by atoms with E-state index in [2.05, 4.69) is 12.2 Å². The van der Waals surface area contributed by atoms with Crippen LogP contribution in [0.2, 0.25) is 0 Å². The zero-order valence-corrected chi connectivity index (χ0v) is 17.1. The molecule has 0 radical (unpaired) electrons. The van der Waals surface area contributed by atoms with Gasteiger partial charge in [0.25, 0.3) is 0 Å². The van der Waals surface area contributed by atoms with E-state index in [1.807, 2.05) is 49.4 Å². The van der Waals surface area contributed by atoms with Gasteiger partial charge in [-0.05, 0) is 55.3 Å². The highest BCUT2D eigenvalue weighted by molar-refractivity contribution is 8.00. The van der Waals surface area contributed by atoms with Crippen molar-refractivity contribution in [1.29, 1.82) is 0 Å². The van der Waals surface area contributed by atoms with E-state index in [0.717, 1.165) is 28.4 Å². The molecule has 2 aromatic rings. The lowest BCUT2D eigenvalue weighted by atomic mass is 10.2. The Morgan fingerprint density at radius 2 is 1.81 bits per heavy atom. The number of hydrogen-bond acceptors (Lipinski definition) is 5. The largest absolute Gasteiger partial charge is 0.497 e. The summed E-state index contributed by atoms with van der Waals surface area (Å²) < 4.78 is 16.2. The molecule has 5 nitrogen and oxygen atoms in total. The molecular formula is C21H27NO4S. The summed E-state index contributed by atoms with van der Waals surface area (Å²) >= 11 is 1.51. The molecule has 0 spiro atoms. The number of thioether (sulfide) groups is 1. The summed E-state index contributed by atoms with van der Waals surface area (Å²) in [6, 6.07) is 13.4. The molecule has 0 aliphatic carbocycles. The van der Waals surface area contributed by atoms with Crippen LogP contribution in [0.3, 0.4) is 0 Å². The normalized spacial score (nSPS) is 11.6. The first-order chi connectivity index (χ1) is 13.1. The van der Waals surface area contributed by atoms with Crippen LogP contribution in [0.5, 0.6) is 17.2 Å². The van der Waals surface area contributed by atoms with E-state index in [9.17, 15) is 4.79 Å². The number of benzene rings is 2. The van der Waals surface area contributed by atoms with Crippen molar-refractivity contribution in [2.45, 2.75) is 37.0 Å². The van der Waals surface area contributed by atoms with Crippen LogP contribution in [-0.2, 0) is 11.3 Å². The maximum Gasteiger partial charge on any atom is 0.233 e. The number of carbonyl (C=O) groups is 1. The van der Waals surface area contributed by atoms with Crippen LogP contribution in [0.15, 0.2) is 47.4 Å². The molecule has 1 atom stereocenters. The van der Waals surface area contributed by atoms with E-state index < -0.39 is 0 Å². The summed E-state index contributed by atoms with van der Waals surface area (Å²) in [7, 11) is 3.25. The van der Waals surface area contributed by atoms with Crippen molar-refractivity contribution in [3.63, 3.8) is 0 Å². The number of carbonyl (C=O) groups excluding carboxylic acids is 1. The second-order valence-electron chi connectivity index (χ2n) is 5.99. The van der Waals surface area contributed by atoms with Gasteiger partial charge in [0.05, 0.1) is 26.1 Å². The summed E-state index contributed by atoms with van der Waals surface area (Å²) in [4.78, 5) is 13.4. The molecule has 0 heterocycles. The van der Waals surface area contributed by atoms with E-state index in [1.54, 1.807) is 14.2 Å². The Hall–Kier alpha value is -2.34. The van der Waals surface area contributed by atoms with Crippen molar-refractivity contribution < 1.29 is 19.0 Å². The molecule has 2 rings (SSSR count). The second-order valence-corrected chi connectivity index (χ2v) is 7.40. The van der Waals surface area contributed by atoms with Gasteiger partial charge in [0.1, 0.15) is 5.75 Å². The van der Waals surface area contributed by atoms with Gasteiger partial charge >= 0.3 is 0 Å². The smallest absolute Gasteiger partial charge is 0.233 e. The van der Waals surface area contributed by atoms with Gasteiger partial charge in [-0.3, -0.25) is 4.79 Å². The molecule has 27 heavy (non-hydrogen) atoms. The van der Waals surface area contributed by atoms with Gasteiger partial charge in [-0.25, -0.2) is 0 Å². The van der Waals surface area contributed by atoms with Crippen molar-refractivity contribution in [1.82, 2.24) is 5.32 Å². The van der Waals surface area contributed by atoms with E-state index in [-0.39, 0.29) is 11.2 Å². The molecule has 0 saturated carbocycles. The summed E-state index contributed by atoms with van der Waals surface area (Å²) in [5.41, 5.74) is 0.964. The van der Waals surface area contributed by atoms with E-state index in [0.29, 0.717) is 18.9 Å². The van der Waals surface area contributed by atoms with Crippen molar-refractivity contribution >= 4 is 17.7 Å². The van der Waals surface area contributed by atoms with Crippen LogP contribution in [0.25, 0.3) is 0 Å². The Kier molecular flexibility index (Phi) is 8.33. The molecule has 0 bridgehead atoms. The topological polar surface area (TPSA) is 56.8 Å². The SMILES string of the molecule is CCCOc1ccc(CNC(=O)C(C)Sc2ccc(OC)cc2)cc1OC. The minimum absolute atomic E-state index is 0.0129. The third kappa shape index (κ3) is 6.40. The Morgan fingerprint density at radius 1 is 1.07 bits per heavy atom. The number of ether oxygens (including phenoxy) is 3. The first kappa shape index (κ1) is 21.0. The van der Waals surface area contributed by atoms with E-state index >= 15 is 0 Å². The third-order valence-electron chi connectivity index (χ3n) is 3.90. The Balaban J connectivity index is 1.89. The fraction of sp³-hybridized carbons (Fsp3) is 0.381. The quantitative estimate of drug-likeness (QED) is 0.614. The molecular weight excluding hydrogens is 362 g/mol. The average molecular weight is 390 g/mol. The van der Waals surface area contributed by atoms with Gasteiger partial charge in [0.2, 0.25) is 5.91 Å². The number of nitrogens with one attached hydrogen (secondary N) is 1. The van der Waals surface area contributed by atoms with Crippen LogP contribution >= 0.6 is 11.8 Å². The van der Waals surface area contributed by atoms with Gasteiger partial charge in [-0.1, -0.05) is 13.0 Å². The molecule has 1 amide bonds. The van der Waals surface area contributed by atoms with Crippen LogP contribution < -0.4 is 19.5 Å². The highest BCUT2D eigenvalue weighted by atomic mass is 32.2. The zero-order chi connectivity index (χ0) is 19.6. The summed E-state index contributed by atoms with van der Waals surface area (Å²) in [6.07, 6.45) is 0.935. The van der Waals surface area contributed by atoms with Gasteiger partial charge in [-0.15, -0.1) is 11.8 Å². The first-order valence-corrected chi connectivity index (χ1v) is 9.83. The highest BCUT2D eigenvalue weighted by Gasteiger charge is 2.14. The number of methoxy groups -OCH3 is 2. The number of hydrogen-bond donors (Lipinski definition) is 1. The molecule has 0 fully saturated rings. The lowest BCUT2D eigenvalue weighted by molar-refractivity contribution is -0.120. The van der Waals surface area contributed by atoms with Crippen molar-refractivity contribution in [2.24, 2.45) is 0 Å². The minimum Gasteiger partial charge on any atom is -0.497 e. The molecule has 2 aromatic carbocycles. The Bertz CT molecular complexity index is 733. The molecule has 1 unspecified atom stereocenters. The highest BCUT2D eigenvalue weighted by Crippen LogP contribution is 2.28. The summed E-state index contributed by atoms with van der Waals surface area (Å²) in [5.74, 6) is 2.19. The van der Waals surface area contributed by atoms with Crippen LogP contribution in [0, 0.1) is 0 Å². The molecule has 6 heteroatoms. The van der Waals surface area contributed by atoms with Gasteiger partial charge in [0, 0.05) is 11.4 Å². The van der Waals surface area contributed by atoms with Gasteiger partial charge in [0.15, 0.2) is 11.5 Å². The number of rotatable bonds is 10. The van der Waals surface area contributed by atoms with Crippen molar-refractivity contribution in [3.8, 4) is 17.2 Å². The van der Waals surface area contributed by atoms with E-state index in [4.69, 9.17) is 14.2 Å². The third-order valence-corrected chi connectivity index (χ3v) is 5.01. The maximum absolute atomic E-state index is 12.4. The molecule has 0 aromatic heterocycles. The summed E-state index contributed by atoms with van der Waals surface area (Å²) in [5, 5.41) is 2.77. The standard InChI is InChI=1S/C21H27NO4S/c1-5-12-26-19-11-6-16(13-20(19)25-4)14-22-21(23)15(2)27-18-9-7-17(24-3)8-10-18/h6-11,13,15H,5,12,14H2,1-4H3,(H,22,23). The number of amides is 1. The second kappa shape index (κ2) is 10.7. The minimum atomic E-state index is -0.201. The van der Waals surface area contributed by atoms with Crippen molar-refractivity contribution in [3.05, 3.63) is 48.0 Å². The molecule has 0 aliphatic heterocycles. The van der Waals surface area contributed by atoms with Crippen LogP contribution in [-0.4, -0.2) is 32.0 Å². The Morgan fingerprint density at radius 3 is 2.44 bits per heavy atom. The monoisotopic (exact) mass is 389 g/mol. The fourth-order valence-corrected chi connectivity index (χ4v) is 3.29. The summed E-state index contributed by atoms with van der Waals surface area (Å²) in [6.45, 7) is 5.04. The van der Waals surface area contributed by atoms with E-state index in [1.165, 1.54) is 11.8 Å². The lowest BCUT2D eigenvalue weighted by Gasteiger charge is -2.14. The predicted octanol–water partition coefficient (Wildman–Crippen LogP) is 4.29. The van der Waals surface area contributed by atoms with Gasteiger partial charge in [-0.2, -0.15) is 0 Å². The predicted molar refractivity (Wildman–Crippen MR) is 109 cm³/mol. The van der Waals surface area contributed by atoms with Gasteiger partial charge < -0.3 is 19.5 Å². The average Bonchev–Trinajstić information content (AvgIpc) is 2.71. The lowest BCUT2D eigenvalue weighted by Crippen LogP contribution is -2.30. The maximum atomic E-state index is 12.4. The molecule has 0 aliphatic rings.